The molecule has 0 fully saturated rings. The van der Waals surface area contributed by atoms with E-state index in [0.717, 1.165) is 23.5 Å². The predicted octanol–water partition coefficient (Wildman–Crippen LogP) is 15.0. The van der Waals surface area contributed by atoms with Crippen LogP contribution >= 0.6 is 0 Å². The lowest BCUT2D eigenvalue weighted by molar-refractivity contribution is 0.280. The Bertz CT molecular complexity index is 3320. The molecule has 1 N–H and O–H groups in total. The van der Waals surface area contributed by atoms with Crippen molar-refractivity contribution in [1.82, 2.24) is 14.5 Å². The van der Waals surface area contributed by atoms with Gasteiger partial charge in [-0.1, -0.05) is 146 Å². The van der Waals surface area contributed by atoms with Crippen molar-refractivity contribution < 1.29 is 0 Å². The summed E-state index contributed by atoms with van der Waals surface area (Å²) < 4.78 is 5.08. The summed E-state index contributed by atoms with van der Waals surface area (Å²) in [6.07, 6.45) is 5.71. The maximum Gasteiger partial charge on any atom is 0.130 e. The average molecular weight is 834 g/mol. The van der Waals surface area contributed by atoms with Gasteiger partial charge in [-0.15, -0.1) is 0 Å². The topological polar surface area (TPSA) is 37.5 Å². The van der Waals surface area contributed by atoms with Gasteiger partial charge >= 0.3 is 0 Å². The summed E-state index contributed by atoms with van der Waals surface area (Å²) in [5.74, 6) is 1.02. The summed E-state index contributed by atoms with van der Waals surface area (Å²) >= 11 is 0. The van der Waals surface area contributed by atoms with Gasteiger partial charge < -0.3 is 19.4 Å². The van der Waals surface area contributed by atoms with Crippen LogP contribution in [0.4, 0.5) is 11.4 Å². The number of aromatic nitrogens is 2. The highest BCUT2D eigenvalue weighted by Gasteiger charge is 2.37. The van der Waals surface area contributed by atoms with Gasteiger partial charge in [-0.25, -0.2) is 0 Å². The van der Waals surface area contributed by atoms with Crippen LogP contribution in [0.25, 0.3) is 54.9 Å². The number of fused-ring (bicyclic) bond motifs is 10. The summed E-state index contributed by atoms with van der Waals surface area (Å²) in [6, 6.07) is 56.7. The van der Waals surface area contributed by atoms with Crippen molar-refractivity contribution >= 4 is 66.4 Å². The van der Waals surface area contributed by atoms with Crippen LogP contribution in [-0.4, -0.2) is 21.0 Å². The molecule has 2 aromatic heterocycles. The molecule has 316 valence electrons. The second-order valence-electron chi connectivity index (χ2n) is 18.0. The first kappa shape index (κ1) is 39.7. The molecule has 0 radical (unpaired) electrons. The number of aliphatic imine (C=N–C) groups is 1. The van der Waals surface area contributed by atoms with Crippen LogP contribution in [0.5, 0.6) is 0 Å². The summed E-state index contributed by atoms with van der Waals surface area (Å²) in [4.78, 5) is 8.09. The number of aryl methyl sites for hydroxylation is 3. The zero-order chi connectivity index (χ0) is 43.8. The fourth-order valence-corrected chi connectivity index (χ4v) is 10.9. The lowest BCUT2D eigenvalue weighted by Crippen LogP contribution is -2.43. The predicted molar refractivity (Wildman–Crippen MR) is 272 cm³/mol. The number of nitrogens with one attached hydrogen (secondary N) is 1. The Kier molecular flexibility index (Phi) is 9.68. The molecule has 4 atom stereocenters. The van der Waals surface area contributed by atoms with Gasteiger partial charge in [0.1, 0.15) is 12.0 Å². The molecule has 1 aliphatic carbocycles. The van der Waals surface area contributed by atoms with Crippen LogP contribution in [0.3, 0.4) is 0 Å². The van der Waals surface area contributed by atoms with Crippen LogP contribution in [0.1, 0.15) is 79.7 Å². The normalized spacial score (nSPS) is 19.2. The summed E-state index contributed by atoms with van der Waals surface area (Å²) in [6.45, 7) is 15.2. The van der Waals surface area contributed by atoms with Gasteiger partial charge in [0.25, 0.3) is 0 Å². The van der Waals surface area contributed by atoms with Gasteiger partial charge in [-0.2, -0.15) is 0 Å². The molecular weight excluding hydrogens is 779 g/mol. The smallest absolute Gasteiger partial charge is 0.130 e. The van der Waals surface area contributed by atoms with E-state index in [4.69, 9.17) is 4.99 Å². The van der Waals surface area contributed by atoms with Gasteiger partial charge in [0.15, 0.2) is 0 Å². The number of allylic oxidation sites excluding steroid dienone is 2. The minimum atomic E-state index is -0.121. The second kappa shape index (κ2) is 15.6. The first-order valence-corrected chi connectivity index (χ1v) is 23.1. The highest BCUT2D eigenvalue weighted by Crippen LogP contribution is 2.48. The minimum Gasteiger partial charge on any atom is -0.349 e. The van der Waals surface area contributed by atoms with Crippen molar-refractivity contribution in [3.8, 4) is 5.69 Å². The maximum atomic E-state index is 5.50. The number of nitrogens with zero attached hydrogens (tertiary/aromatic N) is 4. The fourth-order valence-electron chi connectivity index (χ4n) is 10.9. The SMILES string of the molecule is CC.CC1=CC2CC(=C1)c1cc(C)ccc1N2c1ccc2c3ccc(-n4c5ccc(C)cc5c5cc(C)ccc54)cc3n(C3NC(c4ccccc4)=NC(c4ccccc4)C3C)c2c1. The Hall–Kier alpha value is -7.11. The van der Waals surface area contributed by atoms with Gasteiger partial charge in [0.2, 0.25) is 0 Å². The number of hydrogen-bond acceptors (Lipinski definition) is 3. The Morgan fingerprint density at radius 2 is 1.17 bits per heavy atom. The van der Waals surface area contributed by atoms with E-state index in [0.29, 0.717) is 0 Å². The van der Waals surface area contributed by atoms with Crippen LogP contribution in [0, 0.1) is 26.7 Å². The van der Waals surface area contributed by atoms with E-state index >= 15 is 0 Å². The Labute approximate surface area is 376 Å². The van der Waals surface area contributed by atoms with E-state index in [1.165, 1.54) is 93.9 Å². The van der Waals surface area contributed by atoms with Gasteiger partial charge in [-0.05, 0) is 106 Å². The van der Waals surface area contributed by atoms with Gasteiger partial charge in [0, 0.05) is 55.7 Å². The molecule has 3 aliphatic rings. The Balaban J connectivity index is 0.00000225. The lowest BCUT2D eigenvalue weighted by atomic mass is 9.84. The van der Waals surface area contributed by atoms with Gasteiger partial charge in [0.05, 0.1) is 34.2 Å². The molecule has 0 saturated heterocycles. The molecule has 7 aromatic carbocycles. The molecule has 0 spiro atoms. The van der Waals surface area contributed by atoms with Crippen LogP contribution in [-0.2, 0) is 0 Å². The maximum absolute atomic E-state index is 5.50. The zero-order valence-corrected chi connectivity index (χ0v) is 37.9. The Morgan fingerprint density at radius 1 is 0.578 bits per heavy atom. The third-order valence-corrected chi connectivity index (χ3v) is 13.8. The minimum absolute atomic E-state index is 0.0573. The zero-order valence-electron chi connectivity index (χ0n) is 37.9. The summed E-state index contributed by atoms with van der Waals surface area (Å²) in [5, 5.41) is 9.13. The molecule has 4 unspecified atom stereocenters. The first-order valence-electron chi connectivity index (χ1n) is 23.1. The Morgan fingerprint density at radius 3 is 1.84 bits per heavy atom. The van der Waals surface area contributed by atoms with E-state index in [2.05, 4.69) is 218 Å². The molecule has 9 aromatic rings. The number of rotatable bonds is 5. The molecule has 5 nitrogen and oxygen atoms in total. The van der Waals surface area contributed by atoms with Crippen molar-refractivity contribution in [3.63, 3.8) is 0 Å². The molecule has 0 saturated carbocycles. The van der Waals surface area contributed by atoms with Crippen molar-refractivity contribution in [2.45, 2.75) is 73.1 Å². The van der Waals surface area contributed by atoms with Crippen molar-refractivity contribution in [3.05, 3.63) is 203 Å². The molecule has 5 heteroatoms. The van der Waals surface area contributed by atoms with E-state index < -0.39 is 0 Å². The van der Waals surface area contributed by atoms with E-state index in [1.807, 2.05) is 13.8 Å². The number of benzene rings is 7. The quantitative estimate of drug-likeness (QED) is 0.188. The molecular formula is C59H55N5. The van der Waals surface area contributed by atoms with Crippen molar-refractivity contribution in [2.24, 2.45) is 10.9 Å². The monoisotopic (exact) mass is 833 g/mol. The second-order valence-corrected chi connectivity index (χ2v) is 18.0. The number of anilines is 2. The molecule has 2 aliphatic heterocycles. The summed E-state index contributed by atoms with van der Waals surface area (Å²) in [7, 11) is 0. The fraction of sp³-hybridized carbons (Fsp3) is 0.203. The molecule has 12 rings (SSSR count). The number of hydrogen-bond donors (Lipinski definition) is 1. The van der Waals surface area contributed by atoms with E-state index in [1.54, 1.807) is 0 Å². The standard InChI is InChI=1S/C57H49N5.C2H6/c1-34-16-23-50-47(28-34)41-26-37(4)27-44(31-41)60(50)42-19-21-45-46-22-20-43(61-51-24-17-35(2)29-48(51)49-30-36(3)18-25-52(49)61)33-54(46)62(53(45)32-42)57-38(5)55(39-12-8-6-9-13-39)58-56(59-57)40-14-10-7-11-15-40;1-2/h6-30,32-33,38,44,55,57H,31H2,1-5H3,(H,58,59);1-2H3. The van der Waals surface area contributed by atoms with E-state index in [9.17, 15) is 0 Å². The largest absolute Gasteiger partial charge is 0.349 e. The lowest BCUT2D eigenvalue weighted by Gasteiger charge is -2.41. The van der Waals surface area contributed by atoms with Crippen LogP contribution in [0.2, 0.25) is 0 Å². The molecule has 0 amide bonds. The van der Waals surface area contributed by atoms with Crippen LogP contribution < -0.4 is 10.2 Å². The third-order valence-electron chi connectivity index (χ3n) is 13.8. The first-order chi connectivity index (χ1) is 31.3. The molecule has 2 bridgehead atoms. The summed E-state index contributed by atoms with van der Waals surface area (Å²) in [5.41, 5.74) is 18.7. The van der Waals surface area contributed by atoms with Gasteiger partial charge in [-0.3, -0.25) is 4.99 Å². The van der Waals surface area contributed by atoms with Crippen LogP contribution in [0.15, 0.2) is 174 Å². The molecule has 64 heavy (non-hydrogen) atoms. The number of amidine groups is 1. The third kappa shape index (κ3) is 6.39. The van der Waals surface area contributed by atoms with Crippen molar-refractivity contribution in [1.29, 1.82) is 0 Å². The van der Waals surface area contributed by atoms with Crippen molar-refractivity contribution in [2.75, 3.05) is 4.90 Å². The average Bonchev–Trinajstić information content (AvgIpc) is 3.81. The highest BCUT2D eigenvalue weighted by molar-refractivity contribution is 6.12. The molecule has 4 heterocycles. The highest BCUT2D eigenvalue weighted by atomic mass is 15.2. The van der Waals surface area contributed by atoms with E-state index in [-0.39, 0.29) is 24.2 Å².